The Morgan fingerprint density at radius 1 is 1.18 bits per heavy atom. The molecule has 2 heterocycles. The van der Waals surface area contributed by atoms with E-state index >= 15 is 0 Å². The highest BCUT2D eigenvalue weighted by Gasteiger charge is 2.66. The van der Waals surface area contributed by atoms with Gasteiger partial charge in [0.05, 0.1) is 7.11 Å². The molecular formula is C33H44N2O3. The van der Waals surface area contributed by atoms with E-state index in [1.54, 1.807) is 13.2 Å². The summed E-state index contributed by atoms with van der Waals surface area (Å²) in [6, 6.07) is 13.4. The Morgan fingerprint density at radius 3 is 2.79 bits per heavy atom. The van der Waals surface area contributed by atoms with E-state index in [0.717, 1.165) is 50.2 Å². The summed E-state index contributed by atoms with van der Waals surface area (Å²) in [7, 11) is 4.00. The molecule has 204 valence electrons. The Morgan fingerprint density at radius 2 is 2.00 bits per heavy atom. The molecule has 2 aliphatic heterocycles. The minimum atomic E-state index is -0.0376. The largest absolute Gasteiger partial charge is 0.508 e. The zero-order valence-electron chi connectivity index (χ0n) is 23.2. The lowest BCUT2D eigenvalue weighted by Gasteiger charge is -2.60. The second-order valence-electron chi connectivity index (χ2n) is 12.0. The molecule has 4 aliphatic rings. The zero-order valence-corrected chi connectivity index (χ0v) is 23.2. The molecule has 5 heteroatoms. The summed E-state index contributed by atoms with van der Waals surface area (Å²) in [5.41, 5.74) is 3.78. The molecule has 1 spiro atoms. The number of rotatable bonds is 11. The van der Waals surface area contributed by atoms with Gasteiger partial charge in [-0.1, -0.05) is 49.2 Å². The van der Waals surface area contributed by atoms with Crippen molar-refractivity contribution in [2.24, 2.45) is 5.92 Å². The monoisotopic (exact) mass is 516 g/mol. The fraction of sp³-hybridized carbons (Fsp3) is 0.576. The van der Waals surface area contributed by atoms with Gasteiger partial charge in [0.1, 0.15) is 11.9 Å². The molecule has 6 rings (SSSR count). The van der Waals surface area contributed by atoms with E-state index < -0.39 is 0 Å². The maximum absolute atomic E-state index is 11.1. The van der Waals surface area contributed by atoms with Gasteiger partial charge in [-0.05, 0) is 76.6 Å². The van der Waals surface area contributed by atoms with Crippen LogP contribution in [0, 0.1) is 5.92 Å². The fourth-order valence-corrected chi connectivity index (χ4v) is 8.50. The number of likely N-dealkylation sites (tertiary alicyclic amines) is 1. The number of ether oxygens (including phenoxy) is 2. The number of piperidine rings is 1. The van der Waals surface area contributed by atoms with Crippen molar-refractivity contribution >= 4 is 0 Å². The number of likely N-dealkylation sites (N-methyl/N-ethyl adjacent to an activating group) is 1. The van der Waals surface area contributed by atoms with Gasteiger partial charge in [0.15, 0.2) is 11.5 Å². The van der Waals surface area contributed by atoms with Gasteiger partial charge in [-0.3, -0.25) is 9.80 Å². The van der Waals surface area contributed by atoms with Crippen molar-refractivity contribution in [1.82, 2.24) is 9.80 Å². The average Bonchev–Trinajstić information content (AvgIpc) is 3.27. The maximum Gasteiger partial charge on any atom is 0.166 e. The number of nitrogens with zero attached hydrogens (tertiary/aromatic N) is 2. The van der Waals surface area contributed by atoms with E-state index in [9.17, 15) is 5.11 Å². The molecule has 2 aliphatic carbocycles. The molecule has 0 unspecified atom stereocenters. The summed E-state index contributed by atoms with van der Waals surface area (Å²) in [5.74, 6) is 2.52. The van der Waals surface area contributed by atoms with Gasteiger partial charge in [0.2, 0.25) is 0 Å². The summed E-state index contributed by atoms with van der Waals surface area (Å²) in [6.07, 6.45) is 12.7. The van der Waals surface area contributed by atoms with Crippen LogP contribution in [0.5, 0.6) is 17.2 Å². The number of unbranched alkanes of at least 4 members (excludes halogenated alkanes) is 3. The van der Waals surface area contributed by atoms with Gasteiger partial charge in [-0.2, -0.15) is 0 Å². The molecule has 2 fully saturated rings. The van der Waals surface area contributed by atoms with Crippen LogP contribution in [0.15, 0.2) is 49.1 Å². The zero-order chi connectivity index (χ0) is 26.3. The van der Waals surface area contributed by atoms with Gasteiger partial charge < -0.3 is 14.6 Å². The van der Waals surface area contributed by atoms with Crippen molar-refractivity contribution in [3.05, 3.63) is 65.7 Å². The smallest absolute Gasteiger partial charge is 0.166 e. The van der Waals surface area contributed by atoms with Gasteiger partial charge in [-0.25, -0.2) is 0 Å². The van der Waals surface area contributed by atoms with Crippen LogP contribution in [0.2, 0.25) is 0 Å². The summed E-state index contributed by atoms with van der Waals surface area (Å²) >= 11 is 0. The molecule has 2 aromatic carbocycles. The van der Waals surface area contributed by atoms with Crippen LogP contribution in [-0.2, 0) is 18.3 Å². The number of phenols is 1. The standard InChI is InChI=1S/C33H44N2O3/c1-4-18-35-20-17-33-25-15-16-26(34(2)19-11-6-5-8-12-23-13-9-7-10-14-23)32(33)38-31-29(37-3)22-28(36)24(30(31)33)21-27(25)35/h4,7,9-10,13-14,22,25-27,32,36H,1,5-6,8,11-12,15-21H2,2-3H3/t25-,26+,27+,32-,33-/m0/s1. The van der Waals surface area contributed by atoms with E-state index in [-0.39, 0.29) is 11.5 Å². The molecule has 2 aromatic rings. The average molecular weight is 517 g/mol. The Bertz CT molecular complexity index is 1150. The number of aryl methyl sites for hydroxylation is 1. The summed E-state index contributed by atoms with van der Waals surface area (Å²) in [6.45, 7) is 7.11. The van der Waals surface area contributed by atoms with E-state index in [2.05, 4.69) is 53.8 Å². The normalized spacial score (nSPS) is 29.1. The first-order chi connectivity index (χ1) is 18.6. The molecule has 0 amide bonds. The number of hydrogen-bond donors (Lipinski definition) is 1. The molecule has 1 saturated carbocycles. The molecule has 1 saturated heterocycles. The highest BCUT2D eigenvalue weighted by atomic mass is 16.5. The second kappa shape index (κ2) is 10.6. The van der Waals surface area contributed by atoms with Crippen LogP contribution in [0.4, 0.5) is 0 Å². The SMILES string of the molecule is C=CCN1CC[C@]23c4c5c(O)cc(OC)c4O[C@H]2[C@H](N(C)CCCCCCc2ccccc2)CC[C@H]3[C@H]1C5. The van der Waals surface area contributed by atoms with Crippen molar-refractivity contribution in [2.75, 3.05) is 33.8 Å². The summed E-state index contributed by atoms with van der Waals surface area (Å²) in [4.78, 5) is 5.19. The van der Waals surface area contributed by atoms with Gasteiger partial charge in [0.25, 0.3) is 0 Å². The number of aromatic hydroxyl groups is 1. The van der Waals surface area contributed by atoms with Crippen LogP contribution in [-0.4, -0.2) is 66.9 Å². The van der Waals surface area contributed by atoms with E-state index in [1.165, 1.54) is 49.7 Å². The molecule has 5 atom stereocenters. The van der Waals surface area contributed by atoms with Crippen molar-refractivity contribution in [3.8, 4) is 17.2 Å². The van der Waals surface area contributed by atoms with E-state index in [4.69, 9.17) is 9.47 Å². The first-order valence-electron chi connectivity index (χ1n) is 14.8. The Balaban J connectivity index is 1.18. The third kappa shape index (κ3) is 4.14. The third-order valence-electron chi connectivity index (χ3n) is 10.2. The molecule has 5 nitrogen and oxygen atoms in total. The Kier molecular flexibility index (Phi) is 7.17. The van der Waals surface area contributed by atoms with E-state index in [0.29, 0.717) is 29.5 Å². The predicted octanol–water partition coefficient (Wildman–Crippen LogP) is 5.73. The van der Waals surface area contributed by atoms with E-state index in [1.807, 2.05) is 6.08 Å². The summed E-state index contributed by atoms with van der Waals surface area (Å²) < 4.78 is 12.7. The highest BCUT2D eigenvalue weighted by molar-refractivity contribution is 5.65. The lowest BCUT2D eigenvalue weighted by molar-refractivity contribution is -0.0824. The number of methoxy groups -OCH3 is 1. The third-order valence-corrected chi connectivity index (χ3v) is 10.2. The Labute approximate surface area is 228 Å². The van der Waals surface area contributed by atoms with Crippen LogP contribution in [0.1, 0.15) is 61.6 Å². The topological polar surface area (TPSA) is 45.2 Å². The lowest BCUT2D eigenvalue weighted by Crippen LogP contribution is -2.68. The van der Waals surface area contributed by atoms with Gasteiger partial charge >= 0.3 is 0 Å². The first kappa shape index (κ1) is 25.8. The highest BCUT2D eigenvalue weighted by Crippen LogP contribution is 2.65. The van der Waals surface area contributed by atoms with Crippen LogP contribution in [0.3, 0.4) is 0 Å². The summed E-state index contributed by atoms with van der Waals surface area (Å²) in [5, 5.41) is 11.1. The van der Waals surface area contributed by atoms with Crippen LogP contribution < -0.4 is 9.47 Å². The minimum Gasteiger partial charge on any atom is -0.508 e. The molecule has 1 N–H and O–H groups in total. The molecule has 2 bridgehead atoms. The second-order valence-corrected chi connectivity index (χ2v) is 12.0. The fourth-order valence-electron chi connectivity index (χ4n) is 8.50. The van der Waals surface area contributed by atoms with Crippen molar-refractivity contribution < 1.29 is 14.6 Å². The quantitative estimate of drug-likeness (QED) is 0.305. The minimum absolute atomic E-state index is 0.0376. The molecule has 0 aromatic heterocycles. The lowest BCUT2D eigenvalue weighted by atomic mass is 9.51. The number of benzene rings is 2. The van der Waals surface area contributed by atoms with Gasteiger partial charge in [0, 0.05) is 41.2 Å². The molecule has 0 radical (unpaired) electrons. The Hall–Kier alpha value is -2.50. The number of phenolic OH excluding ortho intramolecular Hbond substituents is 1. The maximum atomic E-state index is 11.1. The van der Waals surface area contributed by atoms with Crippen LogP contribution >= 0.6 is 0 Å². The van der Waals surface area contributed by atoms with Crippen LogP contribution in [0.25, 0.3) is 0 Å². The first-order valence-corrected chi connectivity index (χ1v) is 14.8. The van der Waals surface area contributed by atoms with Crippen molar-refractivity contribution in [1.29, 1.82) is 0 Å². The molecular weight excluding hydrogens is 472 g/mol. The molecule has 38 heavy (non-hydrogen) atoms. The number of hydrogen-bond acceptors (Lipinski definition) is 5. The van der Waals surface area contributed by atoms with Gasteiger partial charge in [-0.15, -0.1) is 6.58 Å². The predicted molar refractivity (Wildman–Crippen MR) is 152 cm³/mol. The van der Waals surface area contributed by atoms with Crippen molar-refractivity contribution in [3.63, 3.8) is 0 Å². The van der Waals surface area contributed by atoms with Crippen molar-refractivity contribution in [2.45, 2.75) is 81.4 Å².